The van der Waals surface area contributed by atoms with Crippen LogP contribution in [0.25, 0.3) is 11.4 Å². The zero-order valence-corrected chi connectivity index (χ0v) is 18.2. The fourth-order valence-electron chi connectivity index (χ4n) is 3.20. The summed E-state index contributed by atoms with van der Waals surface area (Å²) in [5.41, 5.74) is 1.24. The first kappa shape index (κ1) is 22.6. The van der Waals surface area contributed by atoms with E-state index in [1.54, 1.807) is 6.07 Å². The maximum absolute atomic E-state index is 13.5. The lowest BCUT2D eigenvalue weighted by atomic mass is 9.95. The Morgan fingerprint density at radius 2 is 2.10 bits per heavy atom. The highest BCUT2D eigenvalue weighted by Crippen LogP contribution is 2.33. The van der Waals surface area contributed by atoms with Crippen LogP contribution in [-0.4, -0.2) is 53.9 Å². The Kier molecular flexibility index (Phi) is 6.73. The van der Waals surface area contributed by atoms with Gasteiger partial charge >= 0.3 is 6.18 Å². The van der Waals surface area contributed by atoms with Crippen LogP contribution in [0.15, 0.2) is 12.3 Å². The zero-order valence-electron chi connectivity index (χ0n) is 17.2. The number of ether oxygens (including phenoxy) is 2. The number of carbonyl (C=O) groups is 1. The molecule has 0 aliphatic carbocycles. The largest absolute Gasteiger partial charge is 0.451 e. The molecule has 0 spiro atoms. The second kappa shape index (κ2) is 8.94. The Balaban J connectivity index is 1.94. The number of aromatic nitrogens is 4. The Morgan fingerprint density at radius 1 is 1.33 bits per heavy atom. The fourth-order valence-corrected chi connectivity index (χ4v) is 3.96. The van der Waals surface area contributed by atoms with Gasteiger partial charge in [-0.05, 0) is 24.1 Å². The molecule has 1 saturated heterocycles. The van der Waals surface area contributed by atoms with Crippen molar-refractivity contribution in [1.82, 2.24) is 19.7 Å². The van der Waals surface area contributed by atoms with Crippen LogP contribution in [0.1, 0.15) is 34.2 Å². The van der Waals surface area contributed by atoms with E-state index in [0.29, 0.717) is 43.7 Å². The first-order valence-electron chi connectivity index (χ1n) is 9.71. The molecule has 0 amide bonds. The Hall–Kier alpha value is -2.11. The standard InChI is InChI=1S/C19H25F3N4O3Si/c1-30(2,3)7-6-29-12-26-17(24-25-18(26)19(20,21)22)14-8-15(13-4-5-28-11-13)16(10-27)23-9-14/h8-10,13H,4-7,11-12H2,1-3H3. The van der Waals surface area contributed by atoms with E-state index >= 15 is 0 Å². The van der Waals surface area contributed by atoms with Gasteiger partial charge in [-0.1, -0.05) is 19.6 Å². The Labute approximate surface area is 173 Å². The molecule has 1 fully saturated rings. The van der Waals surface area contributed by atoms with Crippen LogP contribution in [0.3, 0.4) is 0 Å². The van der Waals surface area contributed by atoms with Crippen molar-refractivity contribution in [3.05, 3.63) is 29.3 Å². The van der Waals surface area contributed by atoms with Crippen molar-refractivity contribution >= 4 is 14.4 Å². The van der Waals surface area contributed by atoms with Gasteiger partial charge in [0.05, 0.1) is 6.61 Å². The molecule has 3 rings (SSSR count). The van der Waals surface area contributed by atoms with Crippen molar-refractivity contribution in [1.29, 1.82) is 0 Å². The monoisotopic (exact) mass is 442 g/mol. The highest BCUT2D eigenvalue weighted by atomic mass is 28.3. The summed E-state index contributed by atoms with van der Waals surface area (Å²) >= 11 is 0. The molecular formula is C19H25F3N4O3Si. The third kappa shape index (κ3) is 5.32. The van der Waals surface area contributed by atoms with Crippen LogP contribution < -0.4 is 0 Å². The first-order chi connectivity index (χ1) is 14.1. The van der Waals surface area contributed by atoms with Gasteiger partial charge in [-0.2, -0.15) is 13.2 Å². The molecule has 11 heteroatoms. The summed E-state index contributed by atoms with van der Waals surface area (Å²) in [4.78, 5) is 15.5. The first-order valence-corrected chi connectivity index (χ1v) is 13.4. The molecule has 0 N–H and O–H groups in total. The van der Waals surface area contributed by atoms with Gasteiger partial charge in [-0.15, -0.1) is 10.2 Å². The van der Waals surface area contributed by atoms with Gasteiger partial charge in [-0.25, -0.2) is 0 Å². The minimum atomic E-state index is -4.67. The molecule has 164 valence electrons. The molecule has 1 atom stereocenters. The van der Waals surface area contributed by atoms with Crippen LogP contribution in [-0.2, 0) is 22.4 Å². The predicted octanol–water partition coefficient (Wildman–Crippen LogP) is 3.99. The third-order valence-electron chi connectivity index (χ3n) is 4.91. The molecule has 2 aromatic heterocycles. The second-order valence-electron chi connectivity index (χ2n) is 8.50. The number of pyridine rings is 1. The highest BCUT2D eigenvalue weighted by molar-refractivity contribution is 6.76. The number of carbonyl (C=O) groups excluding carboxylic acids is 1. The van der Waals surface area contributed by atoms with Crippen molar-refractivity contribution < 1.29 is 27.4 Å². The van der Waals surface area contributed by atoms with E-state index in [-0.39, 0.29) is 24.2 Å². The van der Waals surface area contributed by atoms with Crippen molar-refractivity contribution in [2.75, 3.05) is 19.8 Å². The van der Waals surface area contributed by atoms with Gasteiger partial charge in [0.15, 0.2) is 12.1 Å². The average Bonchev–Trinajstić information content (AvgIpc) is 3.33. The number of rotatable bonds is 8. The zero-order chi connectivity index (χ0) is 21.9. The highest BCUT2D eigenvalue weighted by Gasteiger charge is 2.39. The molecule has 1 aliphatic heterocycles. The SMILES string of the molecule is C[Si](C)(C)CCOCn1c(-c2cnc(C=O)c(C3CCOC3)c2)nnc1C(F)(F)F. The summed E-state index contributed by atoms with van der Waals surface area (Å²) in [6.07, 6.45) is -1.98. The third-order valence-corrected chi connectivity index (χ3v) is 6.61. The molecule has 7 nitrogen and oxygen atoms in total. The van der Waals surface area contributed by atoms with Gasteiger partial charge in [-0.3, -0.25) is 14.3 Å². The maximum atomic E-state index is 13.5. The number of aldehydes is 1. The van der Waals surface area contributed by atoms with Gasteiger partial charge in [0.25, 0.3) is 0 Å². The molecule has 0 saturated carbocycles. The topological polar surface area (TPSA) is 79.1 Å². The molecule has 2 aromatic rings. The predicted molar refractivity (Wildman–Crippen MR) is 106 cm³/mol. The van der Waals surface area contributed by atoms with E-state index in [4.69, 9.17) is 9.47 Å². The van der Waals surface area contributed by atoms with Crippen molar-refractivity contribution in [3.8, 4) is 11.4 Å². The number of nitrogens with zero attached hydrogens (tertiary/aromatic N) is 4. The molecule has 0 bridgehead atoms. The second-order valence-corrected chi connectivity index (χ2v) is 14.1. The van der Waals surface area contributed by atoms with Crippen molar-refractivity contribution in [3.63, 3.8) is 0 Å². The normalized spacial score (nSPS) is 17.5. The molecule has 30 heavy (non-hydrogen) atoms. The summed E-state index contributed by atoms with van der Waals surface area (Å²) in [7, 11) is -1.38. The van der Waals surface area contributed by atoms with Crippen molar-refractivity contribution in [2.24, 2.45) is 0 Å². The molecule has 0 radical (unpaired) electrons. The van der Waals surface area contributed by atoms with E-state index in [1.165, 1.54) is 6.20 Å². The summed E-state index contributed by atoms with van der Waals surface area (Å²) < 4.78 is 52.2. The van der Waals surface area contributed by atoms with E-state index < -0.39 is 20.1 Å². The van der Waals surface area contributed by atoms with E-state index in [9.17, 15) is 18.0 Å². The molecule has 1 unspecified atom stereocenters. The lowest BCUT2D eigenvalue weighted by Crippen LogP contribution is -2.23. The lowest BCUT2D eigenvalue weighted by molar-refractivity contribution is -0.149. The Bertz CT molecular complexity index is 890. The summed E-state index contributed by atoms with van der Waals surface area (Å²) in [5, 5.41) is 7.12. The van der Waals surface area contributed by atoms with Gasteiger partial charge in [0, 0.05) is 39.0 Å². The molecule has 0 aromatic carbocycles. The number of alkyl halides is 3. The summed E-state index contributed by atoms with van der Waals surface area (Å²) in [6, 6.07) is 2.48. The van der Waals surface area contributed by atoms with Crippen LogP contribution in [0.2, 0.25) is 25.7 Å². The van der Waals surface area contributed by atoms with Gasteiger partial charge in [0.2, 0.25) is 5.82 Å². The van der Waals surface area contributed by atoms with Gasteiger partial charge < -0.3 is 9.47 Å². The van der Waals surface area contributed by atoms with Crippen LogP contribution in [0.5, 0.6) is 0 Å². The minimum absolute atomic E-state index is 0.000410. The lowest BCUT2D eigenvalue weighted by Gasteiger charge is -2.17. The van der Waals surface area contributed by atoms with E-state index in [0.717, 1.165) is 10.6 Å². The quantitative estimate of drug-likeness (QED) is 0.349. The van der Waals surface area contributed by atoms with Crippen LogP contribution in [0.4, 0.5) is 13.2 Å². The van der Waals surface area contributed by atoms with Crippen LogP contribution >= 0.6 is 0 Å². The molecule has 3 heterocycles. The maximum Gasteiger partial charge on any atom is 0.451 e. The molecular weight excluding hydrogens is 417 g/mol. The summed E-state index contributed by atoms with van der Waals surface area (Å²) in [5.74, 6) is -1.17. The minimum Gasteiger partial charge on any atom is -0.381 e. The fraction of sp³-hybridized carbons (Fsp3) is 0.579. The summed E-state index contributed by atoms with van der Waals surface area (Å²) in [6.45, 7) is 7.53. The van der Waals surface area contributed by atoms with E-state index in [2.05, 4.69) is 34.8 Å². The Morgan fingerprint density at radius 3 is 2.70 bits per heavy atom. The van der Waals surface area contributed by atoms with Crippen molar-refractivity contribution in [2.45, 2.75) is 50.9 Å². The average molecular weight is 443 g/mol. The molecule has 1 aliphatic rings. The number of hydrogen-bond acceptors (Lipinski definition) is 6. The number of hydrogen-bond donors (Lipinski definition) is 0. The van der Waals surface area contributed by atoms with E-state index in [1.807, 2.05) is 0 Å². The van der Waals surface area contributed by atoms with Crippen LogP contribution in [0, 0.1) is 0 Å². The smallest absolute Gasteiger partial charge is 0.381 e. The number of halogens is 3. The van der Waals surface area contributed by atoms with Gasteiger partial charge in [0.1, 0.15) is 12.4 Å².